The van der Waals surface area contributed by atoms with Gasteiger partial charge in [-0.2, -0.15) is 0 Å². The number of hydrogen-bond donors (Lipinski definition) is 2. The molecule has 1 fully saturated rings. The minimum atomic E-state index is 0.414. The summed E-state index contributed by atoms with van der Waals surface area (Å²) >= 11 is 0. The lowest BCUT2D eigenvalue weighted by atomic mass is 10.1. The van der Waals surface area contributed by atoms with E-state index in [-0.39, 0.29) is 0 Å². The largest absolute Gasteiger partial charge is 0.495 e. The highest BCUT2D eigenvalue weighted by atomic mass is 16.5. The molecule has 1 aliphatic rings. The van der Waals surface area contributed by atoms with E-state index in [9.17, 15) is 0 Å². The minimum absolute atomic E-state index is 0.414. The van der Waals surface area contributed by atoms with Crippen LogP contribution in [0.4, 0.5) is 5.82 Å². The quantitative estimate of drug-likeness (QED) is 0.746. The molecule has 18 heavy (non-hydrogen) atoms. The molecule has 100 valence electrons. The number of nitrogens with one attached hydrogen (secondary N) is 2. The zero-order valence-electron chi connectivity index (χ0n) is 10.8. The number of hydrogen-bond acceptors (Lipinski definition) is 5. The van der Waals surface area contributed by atoms with Gasteiger partial charge in [0.25, 0.3) is 0 Å². The molecular formula is C13H21N3O2. The molecule has 1 aliphatic heterocycles. The highest BCUT2D eigenvalue weighted by Crippen LogP contribution is 2.11. The lowest BCUT2D eigenvalue weighted by Gasteiger charge is -2.23. The Bertz CT molecular complexity index is 337. The first-order chi connectivity index (χ1) is 8.88. The van der Waals surface area contributed by atoms with Gasteiger partial charge in [-0.25, -0.2) is 4.98 Å². The van der Waals surface area contributed by atoms with E-state index in [2.05, 4.69) is 15.6 Å². The van der Waals surface area contributed by atoms with Gasteiger partial charge in [-0.1, -0.05) is 0 Å². The van der Waals surface area contributed by atoms with Gasteiger partial charge in [0.1, 0.15) is 11.6 Å². The van der Waals surface area contributed by atoms with Crippen LogP contribution in [0.1, 0.15) is 12.8 Å². The van der Waals surface area contributed by atoms with E-state index in [1.165, 1.54) is 0 Å². The summed E-state index contributed by atoms with van der Waals surface area (Å²) in [6, 6.07) is 3.80. The van der Waals surface area contributed by atoms with Crippen LogP contribution in [0.25, 0.3) is 0 Å². The first kappa shape index (κ1) is 13.1. The maximum Gasteiger partial charge on any atom is 0.137 e. The zero-order chi connectivity index (χ0) is 12.6. The highest BCUT2D eigenvalue weighted by Gasteiger charge is 2.12. The lowest BCUT2D eigenvalue weighted by Crippen LogP contribution is -2.33. The van der Waals surface area contributed by atoms with Gasteiger partial charge >= 0.3 is 0 Å². The molecule has 0 unspecified atom stereocenters. The molecule has 1 aromatic rings. The summed E-state index contributed by atoms with van der Waals surface area (Å²) in [7, 11) is 1.64. The number of nitrogens with zero attached hydrogens (tertiary/aromatic N) is 1. The molecule has 5 nitrogen and oxygen atoms in total. The molecule has 0 spiro atoms. The fourth-order valence-electron chi connectivity index (χ4n) is 1.97. The van der Waals surface area contributed by atoms with Gasteiger partial charge in [0.2, 0.25) is 0 Å². The third-order valence-corrected chi connectivity index (χ3v) is 3.02. The molecule has 0 bridgehead atoms. The van der Waals surface area contributed by atoms with Crippen molar-refractivity contribution in [2.45, 2.75) is 18.9 Å². The molecule has 0 amide bonds. The first-order valence-corrected chi connectivity index (χ1v) is 6.45. The third-order valence-electron chi connectivity index (χ3n) is 3.02. The maximum atomic E-state index is 5.79. The number of piperidine rings is 1. The maximum absolute atomic E-state index is 5.79. The topological polar surface area (TPSA) is 55.4 Å². The van der Waals surface area contributed by atoms with Crippen LogP contribution in [0.2, 0.25) is 0 Å². The van der Waals surface area contributed by atoms with Crippen LogP contribution in [0, 0.1) is 0 Å². The van der Waals surface area contributed by atoms with Crippen LogP contribution in [-0.2, 0) is 4.74 Å². The summed E-state index contributed by atoms with van der Waals surface area (Å²) in [5, 5.41) is 6.55. The second-order valence-corrected chi connectivity index (χ2v) is 4.33. The summed E-state index contributed by atoms with van der Waals surface area (Å²) in [6.45, 7) is 3.64. The minimum Gasteiger partial charge on any atom is -0.495 e. The van der Waals surface area contributed by atoms with Crippen molar-refractivity contribution in [3.8, 4) is 5.75 Å². The Balaban J connectivity index is 1.62. The van der Waals surface area contributed by atoms with E-state index in [4.69, 9.17) is 9.47 Å². The molecule has 1 saturated heterocycles. The molecular weight excluding hydrogens is 230 g/mol. The molecule has 2 rings (SSSR count). The summed E-state index contributed by atoms with van der Waals surface area (Å²) < 4.78 is 10.8. The zero-order valence-corrected chi connectivity index (χ0v) is 10.8. The van der Waals surface area contributed by atoms with Gasteiger partial charge in [0.15, 0.2) is 0 Å². The standard InChI is InChI=1S/C13H21N3O2/c1-17-12-2-3-13(16-10-12)15-8-9-18-11-4-6-14-7-5-11/h2-3,10-11,14H,4-9H2,1H3,(H,15,16). The number of methoxy groups -OCH3 is 1. The predicted octanol–water partition coefficient (Wildman–Crippen LogP) is 1.27. The number of rotatable bonds is 6. The summed E-state index contributed by atoms with van der Waals surface area (Å²) in [5.74, 6) is 1.62. The van der Waals surface area contributed by atoms with Crippen LogP contribution in [0.3, 0.4) is 0 Å². The normalized spacial score (nSPS) is 16.5. The number of pyridine rings is 1. The summed E-state index contributed by atoms with van der Waals surface area (Å²) in [4.78, 5) is 4.23. The smallest absolute Gasteiger partial charge is 0.137 e. The molecule has 0 aromatic carbocycles. The molecule has 2 N–H and O–H groups in total. The van der Waals surface area contributed by atoms with E-state index in [0.29, 0.717) is 6.10 Å². The van der Waals surface area contributed by atoms with Crippen molar-refractivity contribution in [1.29, 1.82) is 0 Å². The average molecular weight is 251 g/mol. The SMILES string of the molecule is COc1ccc(NCCOC2CCNCC2)nc1. The Kier molecular flexibility index (Phi) is 5.23. The second-order valence-electron chi connectivity index (χ2n) is 4.33. The van der Waals surface area contributed by atoms with Crippen molar-refractivity contribution >= 4 is 5.82 Å². The van der Waals surface area contributed by atoms with Crippen molar-refractivity contribution in [3.05, 3.63) is 18.3 Å². The Hall–Kier alpha value is -1.33. The van der Waals surface area contributed by atoms with E-state index in [0.717, 1.165) is 50.7 Å². The first-order valence-electron chi connectivity index (χ1n) is 6.45. The van der Waals surface area contributed by atoms with E-state index >= 15 is 0 Å². The molecule has 1 aromatic heterocycles. The summed E-state index contributed by atoms with van der Waals surface area (Å²) in [5.41, 5.74) is 0. The van der Waals surface area contributed by atoms with Crippen molar-refractivity contribution in [2.75, 3.05) is 38.7 Å². The molecule has 5 heteroatoms. The third kappa shape index (κ3) is 4.16. The van der Waals surface area contributed by atoms with Gasteiger partial charge in [-0.05, 0) is 38.1 Å². The number of aromatic nitrogens is 1. The molecule has 2 heterocycles. The van der Waals surface area contributed by atoms with Crippen LogP contribution in [0.15, 0.2) is 18.3 Å². The predicted molar refractivity (Wildman–Crippen MR) is 71.1 cm³/mol. The molecule has 0 aliphatic carbocycles. The average Bonchev–Trinajstić information content (AvgIpc) is 2.45. The lowest BCUT2D eigenvalue weighted by molar-refractivity contribution is 0.0394. The Morgan fingerprint density at radius 3 is 2.89 bits per heavy atom. The van der Waals surface area contributed by atoms with E-state index < -0.39 is 0 Å². The van der Waals surface area contributed by atoms with Crippen molar-refractivity contribution < 1.29 is 9.47 Å². The van der Waals surface area contributed by atoms with Gasteiger partial charge in [-0.15, -0.1) is 0 Å². The van der Waals surface area contributed by atoms with Crippen LogP contribution in [-0.4, -0.2) is 44.4 Å². The summed E-state index contributed by atoms with van der Waals surface area (Å²) in [6.07, 6.45) is 4.34. The van der Waals surface area contributed by atoms with Crippen LogP contribution < -0.4 is 15.4 Å². The fourth-order valence-corrected chi connectivity index (χ4v) is 1.97. The van der Waals surface area contributed by atoms with Gasteiger partial charge < -0.3 is 20.1 Å². The van der Waals surface area contributed by atoms with Crippen molar-refractivity contribution in [2.24, 2.45) is 0 Å². The van der Waals surface area contributed by atoms with E-state index in [1.807, 2.05) is 12.1 Å². The number of anilines is 1. The van der Waals surface area contributed by atoms with Crippen molar-refractivity contribution in [3.63, 3.8) is 0 Å². The van der Waals surface area contributed by atoms with Gasteiger partial charge in [0, 0.05) is 6.54 Å². The molecule has 0 saturated carbocycles. The van der Waals surface area contributed by atoms with E-state index in [1.54, 1.807) is 13.3 Å². The van der Waals surface area contributed by atoms with Gasteiger partial charge in [-0.3, -0.25) is 0 Å². The number of ether oxygens (including phenoxy) is 2. The van der Waals surface area contributed by atoms with Crippen LogP contribution >= 0.6 is 0 Å². The fraction of sp³-hybridized carbons (Fsp3) is 0.615. The molecule has 0 radical (unpaired) electrons. The Morgan fingerprint density at radius 1 is 1.39 bits per heavy atom. The van der Waals surface area contributed by atoms with Gasteiger partial charge in [0.05, 0.1) is 26.0 Å². The Morgan fingerprint density at radius 2 is 2.22 bits per heavy atom. The second kappa shape index (κ2) is 7.18. The monoisotopic (exact) mass is 251 g/mol. The highest BCUT2D eigenvalue weighted by molar-refractivity contribution is 5.37. The molecule has 0 atom stereocenters. The van der Waals surface area contributed by atoms with Crippen LogP contribution in [0.5, 0.6) is 5.75 Å². The van der Waals surface area contributed by atoms with Crippen molar-refractivity contribution in [1.82, 2.24) is 10.3 Å². The Labute approximate surface area is 108 Å².